The molecule has 6 heteroatoms. The molecule has 0 unspecified atom stereocenters. The number of carboxylic acid groups (broad SMARTS) is 1. The molecule has 1 aliphatic heterocycles. The fourth-order valence-electron chi connectivity index (χ4n) is 3.77. The summed E-state index contributed by atoms with van der Waals surface area (Å²) in [7, 11) is 0. The molecule has 1 fully saturated rings. The third-order valence-corrected chi connectivity index (χ3v) is 4.70. The summed E-state index contributed by atoms with van der Waals surface area (Å²) >= 11 is 0. The van der Waals surface area contributed by atoms with Crippen molar-refractivity contribution >= 4 is 5.97 Å². The number of halogens is 3. The van der Waals surface area contributed by atoms with Crippen molar-refractivity contribution in [1.82, 2.24) is 0 Å². The molecule has 1 aromatic carbocycles. The van der Waals surface area contributed by atoms with Gasteiger partial charge in [0.25, 0.3) is 0 Å². The van der Waals surface area contributed by atoms with Gasteiger partial charge in [0.1, 0.15) is 5.75 Å². The minimum Gasteiger partial charge on any atom is -0.492 e. The van der Waals surface area contributed by atoms with Gasteiger partial charge in [-0.25, -0.2) is 0 Å². The van der Waals surface area contributed by atoms with E-state index in [2.05, 4.69) is 0 Å². The molecular weight excluding hydrogens is 297 g/mol. The van der Waals surface area contributed by atoms with Gasteiger partial charge in [-0.2, -0.15) is 13.2 Å². The highest BCUT2D eigenvalue weighted by atomic mass is 19.4. The predicted octanol–water partition coefficient (Wildman–Crippen LogP) is 3.93. The van der Waals surface area contributed by atoms with Crippen molar-refractivity contribution in [3.8, 4) is 5.75 Å². The van der Waals surface area contributed by atoms with Gasteiger partial charge in [-0.15, -0.1) is 0 Å². The third-order valence-electron chi connectivity index (χ3n) is 4.70. The molecule has 0 saturated heterocycles. The van der Waals surface area contributed by atoms with E-state index in [1.807, 2.05) is 0 Å². The lowest BCUT2D eigenvalue weighted by Crippen LogP contribution is -2.31. The third kappa shape index (κ3) is 2.55. The average molecular weight is 314 g/mol. The van der Waals surface area contributed by atoms with Crippen LogP contribution in [0, 0.1) is 0 Å². The second-order valence-electron chi connectivity index (χ2n) is 6.21. The Morgan fingerprint density at radius 3 is 2.50 bits per heavy atom. The Bertz CT molecular complexity index is 601. The minimum absolute atomic E-state index is 0.216. The number of hydrogen-bond acceptors (Lipinski definition) is 2. The SMILES string of the molecule is O=C(O)Cc1cc(C(F)(F)F)cc2c1C1(CCCCC1)CO2. The molecule has 22 heavy (non-hydrogen) atoms. The van der Waals surface area contributed by atoms with Crippen molar-refractivity contribution in [3.05, 3.63) is 28.8 Å². The van der Waals surface area contributed by atoms with Crippen LogP contribution in [0.2, 0.25) is 0 Å². The van der Waals surface area contributed by atoms with Crippen LogP contribution in [0.1, 0.15) is 48.8 Å². The summed E-state index contributed by atoms with van der Waals surface area (Å²) < 4.78 is 44.6. The Morgan fingerprint density at radius 2 is 1.91 bits per heavy atom. The summed E-state index contributed by atoms with van der Waals surface area (Å²) in [6.45, 7) is 0.357. The van der Waals surface area contributed by atoms with E-state index in [1.54, 1.807) is 0 Å². The lowest BCUT2D eigenvalue weighted by Gasteiger charge is -2.33. The number of benzene rings is 1. The second-order valence-corrected chi connectivity index (χ2v) is 6.21. The van der Waals surface area contributed by atoms with E-state index in [0.29, 0.717) is 12.2 Å². The number of fused-ring (bicyclic) bond motifs is 2. The zero-order valence-corrected chi connectivity index (χ0v) is 12.0. The standard InChI is InChI=1S/C16H17F3O3/c17-16(18,19)11-6-10(7-13(20)21)14-12(8-11)22-9-15(14)4-2-1-3-5-15/h6,8H,1-5,7,9H2,(H,20,21). The first-order chi connectivity index (χ1) is 10.3. The zero-order chi connectivity index (χ0) is 16.0. The molecule has 0 radical (unpaired) electrons. The lowest BCUT2D eigenvalue weighted by molar-refractivity contribution is -0.138. The normalized spacial score (nSPS) is 19.8. The lowest BCUT2D eigenvalue weighted by atomic mass is 9.69. The molecule has 1 aliphatic carbocycles. The van der Waals surface area contributed by atoms with Gasteiger partial charge in [0, 0.05) is 11.0 Å². The minimum atomic E-state index is -4.51. The van der Waals surface area contributed by atoms with Crippen LogP contribution in [-0.2, 0) is 22.8 Å². The molecule has 1 saturated carbocycles. The number of carboxylic acids is 1. The van der Waals surface area contributed by atoms with Gasteiger partial charge in [0.2, 0.25) is 0 Å². The van der Waals surface area contributed by atoms with E-state index >= 15 is 0 Å². The molecule has 1 N–H and O–H groups in total. The first kappa shape index (κ1) is 15.2. The van der Waals surface area contributed by atoms with Gasteiger partial charge in [-0.05, 0) is 30.5 Å². The quantitative estimate of drug-likeness (QED) is 0.900. The first-order valence-electron chi connectivity index (χ1n) is 7.41. The number of rotatable bonds is 2. The molecule has 1 spiro atoms. The van der Waals surface area contributed by atoms with Crippen molar-refractivity contribution in [2.75, 3.05) is 6.61 Å². The Morgan fingerprint density at radius 1 is 1.23 bits per heavy atom. The monoisotopic (exact) mass is 314 g/mol. The van der Waals surface area contributed by atoms with Crippen LogP contribution >= 0.6 is 0 Å². The summed E-state index contributed by atoms with van der Waals surface area (Å²) in [6, 6.07) is 2.00. The Balaban J connectivity index is 2.13. The van der Waals surface area contributed by atoms with E-state index in [0.717, 1.165) is 44.2 Å². The molecule has 0 amide bonds. The second kappa shape index (κ2) is 5.18. The van der Waals surface area contributed by atoms with Gasteiger partial charge >= 0.3 is 12.1 Å². The molecule has 3 rings (SSSR count). The van der Waals surface area contributed by atoms with Crippen molar-refractivity contribution in [2.24, 2.45) is 0 Å². The topological polar surface area (TPSA) is 46.5 Å². The summed E-state index contributed by atoms with van der Waals surface area (Å²) in [6.07, 6.45) is -0.125. The molecule has 1 heterocycles. The molecule has 0 aromatic heterocycles. The highest BCUT2D eigenvalue weighted by molar-refractivity contribution is 5.72. The van der Waals surface area contributed by atoms with E-state index in [1.165, 1.54) is 0 Å². The van der Waals surface area contributed by atoms with E-state index in [-0.39, 0.29) is 16.7 Å². The maximum Gasteiger partial charge on any atom is 0.416 e. The number of alkyl halides is 3. The smallest absolute Gasteiger partial charge is 0.416 e. The molecule has 2 aliphatic rings. The van der Waals surface area contributed by atoms with Crippen LogP contribution in [0.15, 0.2) is 12.1 Å². The summed E-state index contributed by atoms with van der Waals surface area (Å²) in [5.74, 6) is -0.910. The summed E-state index contributed by atoms with van der Waals surface area (Å²) in [4.78, 5) is 11.1. The van der Waals surface area contributed by atoms with E-state index in [9.17, 15) is 18.0 Å². The van der Waals surface area contributed by atoms with Gasteiger partial charge in [0.15, 0.2) is 0 Å². The fourth-order valence-corrected chi connectivity index (χ4v) is 3.77. The van der Waals surface area contributed by atoms with Gasteiger partial charge in [0.05, 0.1) is 18.6 Å². The van der Waals surface area contributed by atoms with Crippen molar-refractivity contribution in [3.63, 3.8) is 0 Å². The first-order valence-corrected chi connectivity index (χ1v) is 7.41. The highest BCUT2D eigenvalue weighted by Gasteiger charge is 2.45. The Hall–Kier alpha value is -1.72. The molecule has 3 nitrogen and oxygen atoms in total. The summed E-state index contributed by atoms with van der Waals surface area (Å²) in [5.41, 5.74) is -0.197. The van der Waals surface area contributed by atoms with Gasteiger partial charge < -0.3 is 9.84 Å². The average Bonchev–Trinajstić information content (AvgIpc) is 2.77. The summed E-state index contributed by atoms with van der Waals surface area (Å²) in [5, 5.41) is 9.06. The highest BCUT2D eigenvalue weighted by Crippen LogP contribution is 2.51. The van der Waals surface area contributed by atoms with Crippen molar-refractivity contribution in [1.29, 1.82) is 0 Å². The van der Waals surface area contributed by atoms with Crippen LogP contribution in [0.4, 0.5) is 13.2 Å². The van der Waals surface area contributed by atoms with E-state index in [4.69, 9.17) is 9.84 Å². The van der Waals surface area contributed by atoms with Gasteiger partial charge in [-0.3, -0.25) is 4.79 Å². The van der Waals surface area contributed by atoms with Crippen LogP contribution in [0.25, 0.3) is 0 Å². The number of carbonyl (C=O) groups is 1. The number of ether oxygens (including phenoxy) is 1. The van der Waals surface area contributed by atoms with Gasteiger partial charge in [-0.1, -0.05) is 19.3 Å². The molecular formula is C16H17F3O3. The van der Waals surface area contributed by atoms with Crippen LogP contribution in [0.3, 0.4) is 0 Å². The maximum absolute atomic E-state index is 13.0. The fraction of sp³-hybridized carbons (Fsp3) is 0.562. The van der Waals surface area contributed by atoms with Crippen LogP contribution < -0.4 is 4.74 Å². The maximum atomic E-state index is 13.0. The van der Waals surface area contributed by atoms with E-state index < -0.39 is 24.1 Å². The van der Waals surface area contributed by atoms with Crippen molar-refractivity contribution < 1.29 is 27.8 Å². The molecule has 0 atom stereocenters. The Labute approximate surface area is 126 Å². The van der Waals surface area contributed by atoms with Crippen LogP contribution in [0.5, 0.6) is 5.75 Å². The number of aliphatic carboxylic acids is 1. The van der Waals surface area contributed by atoms with Crippen molar-refractivity contribution in [2.45, 2.75) is 50.1 Å². The number of hydrogen-bond donors (Lipinski definition) is 1. The van der Waals surface area contributed by atoms with Crippen LogP contribution in [-0.4, -0.2) is 17.7 Å². The molecule has 1 aromatic rings. The predicted molar refractivity (Wildman–Crippen MR) is 73.0 cm³/mol. The Kier molecular flexibility index (Phi) is 3.57. The largest absolute Gasteiger partial charge is 0.492 e. The molecule has 0 bridgehead atoms. The molecule has 120 valence electrons. The zero-order valence-electron chi connectivity index (χ0n) is 12.0.